The number of fused-ring (bicyclic) bond motifs is 1. The third-order valence-corrected chi connectivity index (χ3v) is 3.75. The summed E-state index contributed by atoms with van der Waals surface area (Å²) in [6.45, 7) is 0.492. The molecule has 0 saturated carbocycles. The van der Waals surface area contributed by atoms with Crippen molar-refractivity contribution in [2.45, 2.75) is 17.9 Å². The minimum atomic E-state index is -0.869. The molecule has 0 aliphatic carbocycles. The number of thioether (sulfide) groups is 1. The smallest absolute Gasteiger partial charge is 0.304 e. The van der Waals surface area contributed by atoms with Gasteiger partial charge in [-0.15, -0.1) is 11.8 Å². The molecule has 5 nitrogen and oxygen atoms in total. The van der Waals surface area contributed by atoms with Gasteiger partial charge in [-0.05, 0) is 18.2 Å². The SMILES string of the molecule is COCCc1nc(SCCC(=O)O)c2cc(F)ccc2n1. The molecule has 112 valence electrons. The molecule has 0 aliphatic heterocycles. The van der Waals surface area contributed by atoms with Crippen molar-refractivity contribution >= 4 is 28.6 Å². The zero-order chi connectivity index (χ0) is 15.2. The standard InChI is InChI=1S/C14H15FN2O3S/c1-20-6-4-12-16-11-3-2-9(15)8-10(11)14(17-12)21-7-5-13(18)19/h2-3,8H,4-7H2,1H3,(H,18,19). The van der Waals surface area contributed by atoms with Gasteiger partial charge in [0.25, 0.3) is 0 Å². The minimum absolute atomic E-state index is 0.0267. The molecular weight excluding hydrogens is 295 g/mol. The molecule has 1 aromatic heterocycles. The van der Waals surface area contributed by atoms with Gasteiger partial charge >= 0.3 is 5.97 Å². The highest BCUT2D eigenvalue weighted by Crippen LogP contribution is 2.26. The first-order chi connectivity index (χ1) is 10.1. The van der Waals surface area contributed by atoms with Crippen LogP contribution < -0.4 is 0 Å². The van der Waals surface area contributed by atoms with Crippen molar-refractivity contribution in [3.05, 3.63) is 29.8 Å². The fourth-order valence-corrected chi connectivity index (χ4v) is 2.73. The van der Waals surface area contributed by atoms with Crippen molar-refractivity contribution in [2.24, 2.45) is 0 Å². The molecule has 0 aliphatic rings. The van der Waals surface area contributed by atoms with Crippen LogP contribution in [0.3, 0.4) is 0 Å². The molecule has 7 heteroatoms. The summed E-state index contributed by atoms with van der Waals surface area (Å²) in [6.07, 6.45) is 0.579. The number of hydrogen-bond acceptors (Lipinski definition) is 5. The summed E-state index contributed by atoms with van der Waals surface area (Å²) in [6, 6.07) is 4.32. The summed E-state index contributed by atoms with van der Waals surface area (Å²) in [5, 5.41) is 9.90. The van der Waals surface area contributed by atoms with Crippen LogP contribution in [0.15, 0.2) is 23.2 Å². The van der Waals surface area contributed by atoms with Crippen molar-refractivity contribution in [3.63, 3.8) is 0 Å². The molecule has 1 N–H and O–H groups in total. The normalized spacial score (nSPS) is 11.0. The van der Waals surface area contributed by atoms with E-state index >= 15 is 0 Å². The predicted molar refractivity (Wildman–Crippen MR) is 78.1 cm³/mol. The number of aromatic nitrogens is 2. The molecule has 0 radical (unpaired) electrons. The maximum Gasteiger partial charge on any atom is 0.304 e. The fraction of sp³-hybridized carbons (Fsp3) is 0.357. The molecule has 0 bridgehead atoms. The summed E-state index contributed by atoms with van der Waals surface area (Å²) in [7, 11) is 1.60. The molecule has 1 aromatic carbocycles. The van der Waals surface area contributed by atoms with Gasteiger partial charge in [-0.2, -0.15) is 0 Å². The molecule has 0 unspecified atom stereocenters. The van der Waals surface area contributed by atoms with Crippen molar-refractivity contribution in [1.29, 1.82) is 0 Å². The lowest BCUT2D eigenvalue weighted by atomic mass is 10.2. The average molecular weight is 310 g/mol. The number of ether oxygens (including phenoxy) is 1. The average Bonchev–Trinajstić information content (AvgIpc) is 2.45. The second kappa shape index (κ2) is 7.33. The van der Waals surface area contributed by atoms with Crippen LogP contribution in [0.25, 0.3) is 10.9 Å². The van der Waals surface area contributed by atoms with Crippen LogP contribution in [0.5, 0.6) is 0 Å². The van der Waals surface area contributed by atoms with E-state index in [0.29, 0.717) is 40.5 Å². The maximum atomic E-state index is 13.4. The first-order valence-electron chi connectivity index (χ1n) is 6.40. The molecule has 2 rings (SSSR count). The Bertz CT molecular complexity index is 651. The number of aliphatic carboxylic acids is 1. The van der Waals surface area contributed by atoms with Gasteiger partial charge in [0, 0.05) is 24.7 Å². The van der Waals surface area contributed by atoms with Crippen LogP contribution in [0.1, 0.15) is 12.2 Å². The number of rotatable bonds is 7. The largest absolute Gasteiger partial charge is 0.481 e. The Kier molecular flexibility index (Phi) is 5.46. The van der Waals surface area contributed by atoms with Gasteiger partial charge in [0.2, 0.25) is 0 Å². The Labute approximate surface area is 125 Å². The van der Waals surface area contributed by atoms with Crippen molar-refractivity contribution in [2.75, 3.05) is 19.5 Å². The van der Waals surface area contributed by atoms with Crippen LogP contribution in [0.2, 0.25) is 0 Å². The first kappa shape index (κ1) is 15.7. The van der Waals surface area contributed by atoms with Crippen LogP contribution in [0.4, 0.5) is 4.39 Å². The quantitative estimate of drug-likeness (QED) is 0.626. The molecule has 1 heterocycles. The highest BCUT2D eigenvalue weighted by atomic mass is 32.2. The number of carboxylic acids is 1. The van der Waals surface area contributed by atoms with Gasteiger partial charge in [0.1, 0.15) is 16.7 Å². The van der Waals surface area contributed by atoms with Gasteiger partial charge in [0.15, 0.2) is 0 Å². The zero-order valence-corrected chi connectivity index (χ0v) is 12.3. The minimum Gasteiger partial charge on any atom is -0.481 e. The highest BCUT2D eigenvalue weighted by Gasteiger charge is 2.10. The lowest BCUT2D eigenvalue weighted by molar-refractivity contribution is -0.136. The number of carboxylic acid groups (broad SMARTS) is 1. The van der Waals surface area contributed by atoms with E-state index in [0.717, 1.165) is 0 Å². The van der Waals surface area contributed by atoms with E-state index in [1.165, 1.54) is 23.9 Å². The monoisotopic (exact) mass is 310 g/mol. The van der Waals surface area contributed by atoms with Gasteiger partial charge in [-0.3, -0.25) is 4.79 Å². The van der Waals surface area contributed by atoms with E-state index < -0.39 is 5.97 Å². The highest BCUT2D eigenvalue weighted by molar-refractivity contribution is 7.99. The molecule has 0 atom stereocenters. The first-order valence-corrected chi connectivity index (χ1v) is 7.38. The molecule has 2 aromatic rings. The van der Waals surface area contributed by atoms with E-state index in [2.05, 4.69) is 9.97 Å². The van der Waals surface area contributed by atoms with Crippen LogP contribution in [0, 0.1) is 5.82 Å². The molecule has 0 spiro atoms. The second-order valence-corrected chi connectivity index (χ2v) is 5.43. The number of carbonyl (C=O) groups is 1. The van der Waals surface area contributed by atoms with Gasteiger partial charge in [0.05, 0.1) is 18.5 Å². The molecule has 0 fully saturated rings. The summed E-state index contributed by atoms with van der Waals surface area (Å²) in [5.41, 5.74) is 0.648. The number of methoxy groups -OCH3 is 1. The Morgan fingerprint density at radius 3 is 2.95 bits per heavy atom. The van der Waals surface area contributed by atoms with E-state index in [1.54, 1.807) is 13.2 Å². The van der Waals surface area contributed by atoms with E-state index in [4.69, 9.17) is 9.84 Å². The molecule has 0 amide bonds. The zero-order valence-electron chi connectivity index (χ0n) is 11.5. The maximum absolute atomic E-state index is 13.4. The molecule has 0 saturated heterocycles. The fourth-order valence-electron chi connectivity index (χ4n) is 1.77. The molecular formula is C14H15FN2O3S. The van der Waals surface area contributed by atoms with Gasteiger partial charge in [-0.25, -0.2) is 14.4 Å². The van der Waals surface area contributed by atoms with Crippen molar-refractivity contribution in [1.82, 2.24) is 9.97 Å². The number of benzene rings is 1. The van der Waals surface area contributed by atoms with E-state index in [9.17, 15) is 9.18 Å². The Balaban J connectivity index is 2.32. The number of nitrogens with zero attached hydrogens (tertiary/aromatic N) is 2. The number of hydrogen-bond donors (Lipinski definition) is 1. The van der Waals surface area contributed by atoms with Crippen molar-refractivity contribution in [3.8, 4) is 0 Å². The Morgan fingerprint density at radius 1 is 1.43 bits per heavy atom. The second-order valence-electron chi connectivity index (χ2n) is 4.34. The third kappa shape index (κ3) is 4.37. The van der Waals surface area contributed by atoms with Crippen LogP contribution >= 0.6 is 11.8 Å². The Hall–Kier alpha value is -1.73. The predicted octanol–water partition coefficient (Wildman–Crippen LogP) is 2.52. The third-order valence-electron chi connectivity index (χ3n) is 2.75. The number of halogens is 1. The topological polar surface area (TPSA) is 72.3 Å². The summed E-state index contributed by atoms with van der Waals surface area (Å²) in [5.74, 6) is -0.252. The van der Waals surface area contributed by atoms with E-state index in [1.807, 2.05) is 0 Å². The summed E-state index contributed by atoms with van der Waals surface area (Å²) < 4.78 is 18.4. The lowest BCUT2D eigenvalue weighted by Gasteiger charge is -2.08. The van der Waals surface area contributed by atoms with E-state index in [-0.39, 0.29) is 12.2 Å². The summed E-state index contributed by atoms with van der Waals surface area (Å²) in [4.78, 5) is 19.4. The Morgan fingerprint density at radius 2 is 2.24 bits per heavy atom. The van der Waals surface area contributed by atoms with Crippen LogP contribution in [-0.4, -0.2) is 40.5 Å². The lowest BCUT2D eigenvalue weighted by Crippen LogP contribution is -2.03. The molecule has 21 heavy (non-hydrogen) atoms. The van der Waals surface area contributed by atoms with Gasteiger partial charge < -0.3 is 9.84 Å². The summed E-state index contributed by atoms with van der Waals surface area (Å²) >= 11 is 1.30. The van der Waals surface area contributed by atoms with Crippen molar-refractivity contribution < 1.29 is 19.0 Å². The van der Waals surface area contributed by atoms with Gasteiger partial charge in [-0.1, -0.05) is 0 Å². The van der Waals surface area contributed by atoms with Crippen LogP contribution in [-0.2, 0) is 16.0 Å².